The molecule has 5 rings (SSSR count). The molecular formula is C30H30N2O4. The minimum Gasteiger partial charge on any atom is -0.454 e. The van der Waals surface area contributed by atoms with Crippen LogP contribution in [0.15, 0.2) is 60.7 Å². The summed E-state index contributed by atoms with van der Waals surface area (Å²) in [5.41, 5.74) is 6.30. The minimum atomic E-state index is -0.538. The van der Waals surface area contributed by atoms with Gasteiger partial charge in [-0.15, -0.1) is 0 Å². The van der Waals surface area contributed by atoms with Crippen molar-refractivity contribution >= 4 is 22.7 Å². The molecule has 1 aliphatic rings. The number of fused-ring (bicyclic) bond motifs is 1. The highest BCUT2D eigenvalue weighted by atomic mass is 16.5. The van der Waals surface area contributed by atoms with Crippen LogP contribution in [0.4, 0.5) is 0 Å². The molecule has 2 aromatic heterocycles. The third-order valence-electron chi connectivity index (χ3n) is 6.90. The summed E-state index contributed by atoms with van der Waals surface area (Å²) in [6.45, 7) is 7.15. The molecule has 0 aliphatic carbocycles. The van der Waals surface area contributed by atoms with Gasteiger partial charge in [0.15, 0.2) is 6.61 Å². The number of hydrogen-bond acceptors (Lipinski definition) is 5. The number of aromatic nitrogens is 2. The molecule has 3 heterocycles. The van der Waals surface area contributed by atoms with Crippen molar-refractivity contribution in [3.8, 4) is 11.3 Å². The first kappa shape index (κ1) is 23.9. The van der Waals surface area contributed by atoms with Gasteiger partial charge >= 0.3 is 5.97 Å². The van der Waals surface area contributed by atoms with Gasteiger partial charge in [0.1, 0.15) is 0 Å². The van der Waals surface area contributed by atoms with E-state index in [0.717, 1.165) is 48.5 Å². The van der Waals surface area contributed by atoms with E-state index in [4.69, 9.17) is 14.5 Å². The maximum Gasteiger partial charge on any atom is 0.339 e. The van der Waals surface area contributed by atoms with Gasteiger partial charge in [-0.05, 0) is 51.8 Å². The minimum absolute atomic E-state index is 0.179. The fourth-order valence-corrected chi connectivity index (χ4v) is 4.86. The van der Waals surface area contributed by atoms with Gasteiger partial charge < -0.3 is 14.0 Å². The summed E-state index contributed by atoms with van der Waals surface area (Å²) < 4.78 is 13.4. The van der Waals surface area contributed by atoms with Crippen molar-refractivity contribution in [2.24, 2.45) is 0 Å². The Morgan fingerprint density at radius 2 is 1.81 bits per heavy atom. The first-order valence-corrected chi connectivity index (χ1v) is 12.4. The van der Waals surface area contributed by atoms with Gasteiger partial charge in [0.2, 0.25) is 5.78 Å². The highest BCUT2D eigenvalue weighted by molar-refractivity contribution is 6.06. The number of carbonyl (C=O) groups excluding carboxylic acids is 2. The highest BCUT2D eigenvalue weighted by Crippen LogP contribution is 2.26. The van der Waals surface area contributed by atoms with Crippen LogP contribution >= 0.6 is 0 Å². The predicted molar refractivity (Wildman–Crippen MR) is 139 cm³/mol. The fourth-order valence-electron chi connectivity index (χ4n) is 4.86. The number of Topliss-reactive ketones (excluding diaryl/α,β-unsaturated/α-hetero) is 1. The lowest BCUT2D eigenvalue weighted by Gasteiger charge is -2.15. The molecule has 0 spiro atoms. The van der Waals surface area contributed by atoms with Crippen LogP contribution in [-0.2, 0) is 16.0 Å². The van der Waals surface area contributed by atoms with Crippen LogP contribution in [0.2, 0.25) is 0 Å². The van der Waals surface area contributed by atoms with Crippen molar-refractivity contribution < 1.29 is 19.1 Å². The summed E-state index contributed by atoms with van der Waals surface area (Å²) in [6, 6.07) is 19.1. The molecule has 0 bridgehead atoms. The van der Waals surface area contributed by atoms with Gasteiger partial charge in [-0.2, -0.15) is 0 Å². The molecule has 0 radical (unpaired) electrons. The van der Waals surface area contributed by atoms with Crippen LogP contribution in [-0.4, -0.2) is 40.6 Å². The summed E-state index contributed by atoms with van der Waals surface area (Å²) in [5.74, 6) is -0.754. The highest BCUT2D eigenvalue weighted by Gasteiger charge is 2.22. The van der Waals surface area contributed by atoms with Crippen LogP contribution in [0.1, 0.15) is 50.5 Å². The number of benzene rings is 2. The molecule has 0 N–H and O–H groups in total. The maximum absolute atomic E-state index is 13.2. The van der Waals surface area contributed by atoms with Gasteiger partial charge in [-0.25, -0.2) is 9.78 Å². The van der Waals surface area contributed by atoms with Gasteiger partial charge in [0.05, 0.1) is 22.9 Å². The Bertz CT molecular complexity index is 1430. The average Bonchev–Trinajstić information content (AvgIpc) is 3.50. The summed E-state index contributed by atoms with van der Waals surface area (Å²) >= 11 is 0. The molecule has 6 heteroatoms. The summed E-state index contributed by atoms with van der Waals surface area (Å²) in [7, 11) is 0. The molecule has 36 heavy (non-hydrogen) atoms. The first-order chi connectivity index (χ1) is 17.4. The van der Waals surface area contributed by atoms with E-state index in [-0.39, 0.29) is 18.5 Å². The SMILES string of the molecule is Cc1ccc(-c2cc(C(=O)OCC(=O)c3cc(C)n(CC4CCCO4)c3C)c3ccccc3n2)cc1. The fraction of sp³-hybridized carbons (Fsp3) is 0.300. The maximum atomic E-state index is 13.2. The molecular weight excluding hydrogens is 452 g/mol. The zero-order valence-electron chi connectivity index (χ0n) is 20.9. The lowest BCUT2D eigenvalue weighted by molar-refractivity contribution is 0.0476. The van der Waals surface area contributed by atoms with E-state index in [9.17, 15) is 9.59 Å². The van der Waals surface area contributed by atoms with Crippen LogP contribution in [0.3, 0.4) is 0 Å². The summed E-state index contributed by atoms with van der Waals surface area (Å²) in [5, 5.41) is 0.695. The van der Waals surface area contributed by atoms with E-state index in [2.05, 4.69) is 4.57 Å². The second kappa shape index (κ2) is 10.1. The predicted octanol–water partition coefficient (Wildman–Crippen LogP) is 5.85. The van der Waals surface area contributed by atoms with Crippen molar-refractivity contribution in [3.63, 3.8) is 0 Å². The van der Waals surface area contributed by atoms with E-state index in [1.165, 1.54) is 0 Å². The first-order valence-electron chi connectivity index (χ1n) is 12.4. The van der Waals surface area contributed by atoms with E-state index in [1.54, 1.807) is 6.07 Å². The zero-order valence-corrected chi connectivity index (χ0v) is 20.9. The molecule has 0 saturated carbocycles. The molecule has 6 nitrogen and oxygen atoms in total. The van der Waals surface area contributed by atoms with Crippen molar-refractivity contribution in [1.29, 1.82) is 0 Å². The molecule has 1 atom stereocenters. The number of pyridine rings is 1. The molecule has 1 aliphatic heterocycles. The smallest absolute Gasteiger partial charge is 0.339 e. The second-order valence-corrected chi connectivity index (χ2v) is 9.47. The van der Waals surface area contributed by atoms with Crippen molar-refractivity contribution in [2.75, 3.05) is 13.2 Å². The van der Waals surface area contributed by atoms with Crippen LogP contribution in [0.25, 0.3) is 22.2 Å². The van der Waals surface area contributed by atoms with Crippen LogP contribution in [0, 0.1) is 20.8 Å². The monoisotopic (exact) mass is 482 g/mol. The van der Waals surface area contributed by atoms with Crippen molar-refractivity contribution in [2.45, 2.75) is 46.3 Å². The summed E-state index contributed by atoms with van der Waals surface area (Å²) in [4.78, 5) is 31.0. The third kappa shape index (κ3) is 4.82. The van der Waals surface area contributed by atoms with Gasteiger partial charge in [-0.1, -0.05) is 48.0 Å². The number of para-hydroxylation sites is 1. The van der Waals surface area contributed by atoms with E-state index in [1.807, 2.05) is 75.4 Å². The Morgan fingerprint density at radius 3 is 2.56 bits per heavy atom. The number of ketones is 1. The Kier molecular flexibility index (Phi) is 6.70. The number of ether oxygens (including phenoxy) is 2. The molecule has 4 aromatic rings. The van der Waals surface area contributed by atoms with Gasteiger partial charge in [0.25, 0.3) is 0 Å². The van der Waals surface area contributed by atoms with E-state index >= 15 is 0 Å². The number of aryl methyl sites for hydroxylation is 2. The van der Waals surface area contributed by atoms with Crippen molar-refractivity contribution in [3.05, 3.63) is 88.7 Å². The number of nitrogens with zero attached hydrogens (tertiary/aromatic N) is 2. The van der Waals surface area contributed by atoms with Gasteiger partial charge in [-0.3, -0.25) is 4.79 Å². The molecule has 184 valence electrons. The third-order valence-corrected chi connectivity index (χ3v) is 6.90. The van der Waals surface area contributed by atoms with E-state index in [0.29, 0.717) is 27.7 Å². The Hall–Kier alpha value is -3.77. The molecule has 1 unspecified atom stereocenters. The lowest BCUT2D eigenvalue weighted by atomic mass is 10.0. The Labute approximate surface area is 210 Å². The average molecular weight is 483 g/mol. The molecule has 2 aromatic carbocycles. The van der Waals surface area contributed by atoms with Gasteiger partial charge in [0, 0.05) is 41.1 Å². The molecule has 1 fully saturated rings. The largest absolute Gasteiger partial charge is 0.454 e. The van der Waals surface area contributed by atoms with Crippen LogP contribution < -0.4 is 0 Å². The normalized spacial score (nSPS) is 15.4. The Morgan fingerprint density at radius 1 is 1.03 bits per heavy atom. The number of hydrogen-bond donors (Lipinski definition) is 0. The zero-order chi connectivity index (χ0) is 25.2. The number of carbonyl (C=O) groups is 2. The quantitative estimate of drug-likeness (QED) is 0.244. The topological polar surface area (TPSA) is 70.4 Å². The molecule has 1 saturated heterocycles. The standard InChI is InChI=1S/C30H30N2O4/c1-19-10-12-22(13-11-19)28-16-26(24-8-4-5-9-27(24)31-28)30(34)36-18-29(33)25-15-20(2)32(21(25)3)17-23-7-6-14-35-23/h4-5,8-13,15-16,23H,6-7,14,17-18H2,1-3H3. The number of rotatable bonds is 7. The lowest BCUT2D eigenvalue weighted by Crippen LogP contribution is -2.18. The second-order valence-electron chi connectivity index (χ2n) is 9.47. The molecule has 0 amide bonds. The van der Waals surface area contributed by atoms with Crippen LogP contribution in [0.5, 0.6) is 0 Å². The summed E-state index contributed by atoms with van der Waals surface area (Å²) in [6.07, 6.45) is 2.28. The Balaban J connectivity index is 1.36. The van der Waals surface area contributed by atoms with Crippen molar-refractivity contribution in [1.82, 2.24) is 9.55 Å². The number of esters is 1. The van der Waals surface area contributed by atoms with E-state index < -0.39 is 5.97 Å².